The van der Waals surface area contributed by atoms with Gasteiger partial charge >= 0.3 is 0 Å². The standard InChI is InChI=1S/C12H15NO/c14-12-9-4-2-1-3-8(9)11-7-13-6-5-10(11)12/h1-4,10-14H,5-7H2. The molecule has 2 aliphatic rings. The summed E-state index contributed by atoms with van der Waals surface area (Å²) in [4.78, 5) is 0. The highest BCUT2D eigenvalue weighted by molar-refractivity contribution is 5.39. The lowest BCUT2D eigenvalue weighted by atomic mass is 9.86. The Hall–Kier alpha value is -0.860. The van der Waals surface area contributed by atoms with E-state index in [1.807, 2.05) is 6.07 Å². The van der Waals surface area contributed by atoms with Crippen LogP contribution in [0.1, 0.15) is 29.6 Å². The van der Waals surface area contributed by atoms with Gasteiger partial charge in [0.25, 0.3) is 0 Å². The number of aliphatic hydroxyl groups is 1. The van der Waals surface area contributed by atoms with Crippen molar-refractivity contribution in [3.63, 3.8) is 0 Å². The maximum Gasteiger partial charge on any atom is 0.0827 e. The molecule has 1 saturated heterocycles. The zero-order valence-corrected chi connectivity index (χ0v) is 8.11. The zero-order chi connectivity index (χ0) is 9.54. The molecular formula is C12H15NO. The first-order chi connectivity index (χ1) is 6.88. The molecule has 1 fully saturated rings. The fourth-order valence-corrected chi connectivity index (χ4v) is 2.95. The zero-order valence-electron chi connectivity index (χ0n) is 8.11. The molecule has 2 N–H and O–H groups in total. The highest BCUT2D eigenvalue weighted by atomic mass is 16.3. The molecule has 0 amide bonds. The summed E-state index contributed by atoms with van der Waals surface area (Å²) in [6.07, 6.45) is 0.874. The highest BCUT2D eigenvalue weighted by Gasteiger charge is 2.40. The Labute approximate surface area is 84.0 Å². The Morgan fingerprint density at radius 2 is 2.00 bits per heavy atom. The maximum absolute atomic E-state index is 10.1. The van der Waals surface area contributed by atoms with Gasteiger partial charge in [0.2, 0.25) is 0 Å². The molecule has 0 spiro atoms. The number of fused-ring (bicyclic) bond motifs is 3. The third-order valence-electron chi connectivity index (χ3n) is 3.66. The molecule has 3 unspecified atom stereocenters. The molecule has 14 heavy (non-hydrogen) atoms. The van der Waals surface area contributed by atoms with Crippen LogP contribution < -0.4 is 5.32 Å². The SMILES string of the molecule is OC1c2ccccc2C2CNCCC12. The number of hydrogen-bond acceptors (Lipinski definition) is 2. The summed E-state index contributed by atoms with van der Waals surface area (Å²) in [6.45, 7) is 2.07. The van der Waals surface area contributed by atoms with E-state index in [1.165, 1.54) is 5.56 Å². The second-order valence-corrected chi connectivity index (χ2v) is 4.34. The first-order valence-electron chi connectivity index (χ1n) is 5.35. The third-order valence-corrected chi connectivity index (χ3v) is 3.66. The minimum Gasteiger partial charge on any atom is -0.388 e. The van der Waals surface area contributed by atoms with Gasteiger partial charge in [-0.2, -0.15) is 0 Å². The largest absolute Gasteiger partial charge is 0.388 e. The van der Waals surface area contributed by atoms with Crippen LogP contribution in [-0.2, 0) is 0 Å². The Morgan fingerprint density at radius 1 is 1.21 bits per heavy atom. The van der Waals surface area contributed by atoms with E-state index >= 15 is 0 Å². The molecule has 3 rings (SSSR count). The van der Waals surface area contributed by atoms with Crippen molar-refractivity contribution >= 4 is 0 Å². The number of piperidine rings is 1. The Balaban J connectivity index is 2.06. The van der Waals surface area contributed by atoms with Crippen molar-refractivity contribution in [3.05, 3.63) is 35.4 Å². The van der Waals surface area contributed by atoms with Gasteiger partial charge in [-0.1, -0.05) is 24.3 Å². The summed E-state index contributed by atoms with van der Waals surface area (Å²) in [5.41, 5.74) is 2.52. The number of hydrogen-bond donors (Lipinski definition) is 2. The van der Waals surface area contributed by atoms with Crippen LogP contribution in [0.15, 0.2) is 24.3 Å². The van der Waals surface area contributed by atoms with E-state index in [9.17, 15) is 5.11 Å². The lowest BCUT2D eigenvalue weighted by Crippen LogP contribution is -2.34. The van der Waals surface area contributed by atoms with Crippen molar-refractivity contribution in [1.29, 1.82) is 0 Å². The van der Waals surface area contributed by atoms with Gasteiger partial charge in [0.15, 0.2) is 0 Å². The fraction of sp³-hybridized carbons (Fsp3) is 0.500. The van der Waals surface area contributed by atoms with Crippen molar-refractivity contribution in [3.8, 4) is 0 Å². The van der Waals surface area contributed by atoms with Gasteiger partial charge < -0.3 is 10.4 Å². The summed E-state index contributed by atoms with van der Waals surface area (Å²) >= 11 is 0. The van der Waals surface area contributed by atoms with Gasteiger partial charge in [-0.25, -0.2) is 0 Å². The fourth-order valence-electron chi connectivity index (χ4n) is 2.95. The summed E-state index contributed by atoms with van der Waals surface area (Å²) in [7, 11) is 0. The van der Waals surface area contributed by atoms with Gasteiger partial charge in [0, 0.05) is 12.5 Å². The van der Waals surface area contributed by atoms with E-state index in [0.717, 1.165) is 25.1 Å². The van der Waals surface area contributed by atoms with Crippen molar-refractivity contribution in [1.82, 2.24) is 5.32 Å². The van der Waals surface area contributed by atoms with Crippen molar-refractivity contribution in [2.45, 2.75) is 18.4 Å². The molecule has 3 atom stereocenters. The summed E-state index contributed by atoms with van der Waals surface area (Å²) in [5.74, 6) is 0.989. The molecule has 0 aromatic heterocycles. The van der Waals surface area contributed by atoms with Gasteiger partial charge in [-0.3, -0.25) is 0 Å². The summed E-state index contributed by atoms with van der Waals surface area (Å²) in [6, 6.07) is 8.32. The van der Waals surface area contributed by atoms with Crippen LogP contribution in [0.2, 0.25) is 0 Å². The summed E-state index contributed by atoms with van der Waals surface area (Å²) in [5, 5.41) is 13.6. The quantitative estimate of drug-likeness (QED) is 0.647. The van der Waals surface area contributed by atoms with Crippen LogP contribution >= 0.6 is 0 Å². The smallest absolute Gasteiger partial charge is 0.0827 e. The minimum absolute atomic E-state index is 0.224. The Morgan fingerprint density at radius 3 is 2.86 bits per heavy atom. The van der Waals surface area contributed by atoms with E-state index < -0.39 is 0 Å². The van der Waals surface area contributed by atoms with Crippen LogP contribution in [0.25, 0.3) is 0 Å². The first kappa shape index (κ1) is 8.45. The molecule has 2 heteroatoms. The molecule has 1 aromatic carbocycles. The van der Waals surface area contributed by atoms with Crippen molar-refractivity contribution in [2.75, 3.05) is 13.1 Å². The summed E-state index contributed by atoms with van der Waals surface area (Å²) < 4.78 is 0. The third kappa shape index (κ3) is 1.04. The second kappa shape index (κ2) is 3.07. The molecule has 0 bridgehead atoms. The van der Waals surface area contributed by atoms with Crippen LogP contribution in [0, 0.1) is 5.92 Å². The predicted octanol–water partition coefficient (Wildman–Crippen LogP) is 1.43. The van der Waals surface area contributed by atoms with Gasteiger partial charge in [0.05, 0.1) is 6.10 Å². The van der Waals surface area contributed by atoms with E-state index in [1.54, 1.807) is 0 Å². The number of benzene rings is 1. The number of nitrogens with one attached hydrogen (secondary N) is 1. The van der Waals surface area contributed by atoms with Crippen LogP contribution in [0.5, 0.6) is 0 Å². The van der Waals surface area contributed by atoms with Crippen LogP contribution in [0.3, 0.4) is 0 Å². The Kier molecular flexibility index (Phi) is 1.85. The molecule has 1 aliphatic heterocycles. The molecular weight excluding hydrogens is 174 g/mol. The van der Waals surface area contributed by atoms with Crippen molar-refractivity contribution < 1.29 is 5.11 Å². The molecule has 1 heterocycles. The Bertz CT molecular complexity index is 350. The molecule has 1 aliphatic carbocycles. The molecule has 74 valence electrons. The molecule has 0 radical (unpaired) electrons. The van der Waals surface area contributed by atoms with E-state index in [-0.39, 0.29) is 6.10 Å². The number of rotatable bonds is 0. The number of aliphatic hydroxyl groups excluding tert-OH is 1. The van der Waals surface area contributed by atoms with Gasteiger partial charge in [-0.15, -0.1) is 0 Å². The van der Waals surface area contributed by atoms with E-state index in [2.05, 4.69) is 23.5 Å². The molecule has 2 nitrogen and oxygen atoms in total. The van der Waals surface area contributed by atoms with Gasteiger partial charge in [-0.05, 0) is 30.0 Å². The highest BCUT2D eigenvalue weighted by Crippen LogP contribution is 2.47. The van der Waals surface area contributed by atoms with Crippen LogP contribution in [-0.4, -0.2) is 18.2 Å². The topological polar surface area (TPSA) is 32.3 Å². The lowest BCUT2D eigenvalue weighted by molar-refractivity contribution is 0.0952. The normalized spacial score (nSPS) is 35.1. The van der Waals surface area contributed by atoms with E-state index in [4.69, 9.17) is 0 Å². The van der Waals surface area contributed by atoms with E-state index in [0.29, 0.717) is 11.8 Å². The first-order valence-corrected chi connectivity index (χ1v) is 5.35. The molecule has 1 aromatic rings. The molecule has 0 saturated carbocycles. The lowest BCUT2D eigenvalue weighted by Gasteiger charge is -2.28. The second-order valence-electron chi connectivity index (χ2n) is 4.34. The predicted molar refractivity (Wildman–Crippen MR) is 55.1 cm³/mol. The van der Waals surface area contributed by atoms with Gasteiger partial charge in [0.1, 0.15) is 0 Å². The van der Waals surface area contributed by atoms with Crippen LogP contribution in [0.4, 0.5) is 0 Å². The average molecular weight is 189 g/mol. The average Bonchev–Trinajstić information content (AvgIpc) is 2.55. The van der Waals surface area contributed by atoms with Crippen molar-refractivity contribution in [2.24, 2.45) is 5.92 Å². The monoisotopic (exact) mass is 189 g/mol. The maximum atomic E-state index is 10.1. The minimum atomic E-state index is -0.224.